The van der Waals surface area contributed by atoms with Crippen LogP contribution in [0.4, 0.5) is 0 Å². The predicted molar refractivity (Wildman–Crippen MR) is 73.5 cm³/mol. The third-order valence-electron chi connectivity index (χ3n) is 2.61. The van der Waals surface area contributed by atoms with Gasteiger partial charge in [-0.1, -0.05) is 28.1 Å². The van der Waals surface area contributed by atoms with Gasteiger partial charge in [-0.05, 0) is 24.1 Å². The third-order valence-corrected chi connectivity index (χ3v) is 3.50. The average Bonchev–Trinajstić information content (AvgIpc) is 2.37. The number of benzene rings is 1. The van der Waals surface area contributed by atoms with Crippen molar-refractivity contribution in [2.24, 2.45) is 0 Å². The molecule has 1 aromatic rings. The minimum Gasteiger partial charge on any atom is -0.468 e. The molecular formula is C13H18BrNO3. The van der Waals surface area contributed by atoms with Gasteiger partial charge in [0.2, 0.25) is 0 Å². The number of methoxy groups -OCH3 is 2. The molecule has 0 saturated carbocycles. The van der Waals surface area contributed by atoms with E-state index in [1.807, 2.05) is 25.1 Å². The lowest BCUT2D eigenvalue weighted by molar-refractivity contribution is -0.143. The van der Waals surface area contributed by atoms with Crippen molar-refractivity contribution in [2.75, 3.05) is 27.4 Å². The standard InChI is InChI=1S/C13H18BrNO3/c1-9-8-10(4-5-11(9)14)12(13(16)18-3)15-6-7-17-2/h4-5,8,12,15H,6-7H2,1-3H3. The molecule has 0 aliphatic heterocycles. The van der Waals surface area contributed by atoms with Gasteiger partial charge in [0.1, 0.15) is 6.04 Å². The van der Waals surface area contributed by atoms with E-state index in [9.17, 15) is 4.79 Å². The molecule has 0 amide bonds. The van der Waals surface area contributed by atoms with Gasteiger partial charge >= 0.3 is 5.97 Å². The van der Waals surface area contributed by atoms with Gasteiger partial charge in [-0.25, -0.2) is 4.79 Å². The van der Waals surface area contributed by atoms with Crippen LogP contribution in [0.15, 0.2) is 22.7 Å². The molecule has 0 aromatic heterocycles. The van der Waals surface area contributed by atoms with Crippen LogP contribution in [0.1, 0.15) is 17.2 Å². The number of halogens is 1. The van der Waals surface area contributed by atoms with Crippen LogP contribution in [0.2, 0.25) is 0 Å². The zero-order valence-electron chi connectivity index (χ0n) is 10.8. The Morgan fingerprint density at radius 2 is 2.17 bits per heavy atom. The van der Waals surface area contributed by atoms with Crippen LogP contribution in [0.5, 0.6) is 0 Å². The van der Waals surface area contributed by atoms with Crippen molar-refractivity contribution in [2.45, 2.75) is 13.0 Å². The van der Waals surface area contributed by atoms with Crippen LogP contribution in [-0.2, 0) is 14.3 Å². The molecule has 0 bridgehead atoms. The van der Waals surface area contributed by atoms with Gasteiger partial charge in [-0.15, -0.1) is 0 Å². The van der Waals surface area contributed by atoms with E-state index in [4.69, 9.17) is 9.47 Å². The van der Waals surface area contributed by atoms with Crippen LogP contribution in [0.3, 0.4) is 0 Å². The van der Waals surface area contributed by atoms with E-state index < -0.39 is 6.04 Å². The fourth-order valence-corrected chi connectivity index (χ4v) is 1.85. The van der Waals surface area contributed by atoms with Gasteiger partial charge in [0.25, 0.3) is 0 Å². The fourth-order valence-electron chi connectivity index (χ4n) is 1.61. The normalized spacial score (nSPS) is 12.2. The first-order chi connectivity index (χ1) is 8.60. The Morgan fingerprint density at radius 1 is 1.44 bits per heavy atom. The molecule has 1 atom stereocenters. The lowest BCUT2D eigenvalue weighted by atomic mass is 10.0. The Kier molecular flexibility index (Phi) is 6.32. The number of carbonyl (C=O) groups excluding carboxylic acids is 1. The van der Waals surface area contributed by atoms with Gasteiger partial charge in [0.05, 0.1) is 13.7 Å². The second-order valence-electron chi connectivity index (χ2n) is 3.91. The summed E-state index contributed by atoms with van der Waals surface area (Å²) in [5.74, 6) is -0.298. The third kappa shape index (κ3) is 4.08. The SMILES string of the molecule is COCCNC(C(=O)OC)c1ccc(Br)c(C)c1. The van der Waals surface area contributed by atoms with Crippen molar-refractivity contribution in [1.29, 1.82) is 0 Å². The molecule has 0 saturated heterocycles. The van der Waals surface area contributed by atoms with Crippen LogP contribution in [0, 0.1) is 6.92 Å². The highest BCUT2D eigenvalue weighted by Crippen LogP contribution is 2.22. The molecule has 0 aliphatic carbocycles. The molecule has 18 heavy (non-hydrogen) atoms. The van der Waals surface area contributed by atoms with Crippen LogP contribution >= 0.6 is 15.9 Å². The number of esters is 1. The summed E-state index contributed by atoms with van der Waals surface area (Å²) in [5.41, 5.74) is 1.97. The zero-order chi connectivity index (χ0) is 13.5. The second kappa shape index (κ2) is 7.51. The van der Waals surface area contributed by atoms with E-state index in [0.29, 0.717) is 13.2 Å². The molecule has 1 aromatic carbocycles. The van der Waals surface area contributed by atoms with E-state index in [-0.39, 0.29) is 5.97 Å². The minimum atomic E-state index is -0.461. The van der Waals surface area contributed by atoms with Crippen LogP contribution < -0.4 is 5.32 Å². The van der Waals surface area contributed by atoms with Crippen molar-refractivity contribution in [3.05, 3.63) is 33.8 Å². The van der Waals surface area contributed by atoms with E-state index in [2.05, 4.69) is 21.2 Å². The zero-order valence-corrected chi connectivity index (χ0v) is 12.4. The van der Waals surface area contributed by atoms with Gasteiger partial charge in [0.15, 0.2) is 0 Å². The highest BCUT2D eigenvalue weighted by Gasteiger charge is 2.20. The Hall–Kier alpha value is -0.910. The van der Waals surface area contributed by atoms with Gasteiger partial charge in [0, 0.05) is 18.1 Å². The molecule has 1 rings (SSSR count). The summed E-state index contributed by atoms with van der Waals surface area (Å²) in [6.45, 7) is 3.12. The second-order valence-corrected chi connectivity index (χ2v) is 4.77. The number of rotatable bonds is 6. The van der Waals surface area contributed by atoms with Gasteiger partial charge in [-0.2, -0.15) is 0 Å². The van der Waals surface area contributed by atoms with Crippen molar-refractivity contribution in [3.8, 4) is 0 Å². The van der Waals surface area contributed by atoms with Crippen molar-refractivity contribution >= 4 is 21.9 Å². The summed E-state index contributed by atoms with van der Waals surface area (Å²) < 4.78 is 10.8. The maximum Gasteiger partial charge on any atom is 0.327 e. The number of hydrogen-bond acceptors (Lipinski definition) is 4. The summed E-state index contributed by atoms with van der Waals surface area (Å²) in [7, 11) is 3.01. The van der Waals surface area contributed by atoms with E-state index in [1.54, 1.807) is 7.11 Å². The Labute approximate surface area is 116 Å². The molecule has 1 unspecified atom stereocenters. The smallest absolute Gasteiger partial charge is 0.327 e. The molecule has 100 valence electrons. The lowest BCUT2D eigenvalue weighted by Gasteiger charge is -2.17. The first kappa shape index (κ1) is 15.1. The number of carbonyl (C=O) groups is 1. The van der Waals surface area contributed by atoms with E-state index in [0.717, 1.165) is 15.6 Å². The largest absolute Gasteiger partial charge is 0.468 e. The molecular weight excluding hydrogens is 298 g/mol. The van der Waals surface area contributed by atoms with E-state index >= 15 is 0 Å². The van der Waals surface area contributed by atoms with Gasteiger partial charge in [-0.3, -0.25) is 5.32 Å². The molecule has 5 heteroatoms. The summed E-state index contributed by atoms with van der Waals surface area (Å²) in [6, 6.07) is 5.33. The lowest BCUT2D eigenvalue weighted by Crippen LogP contribution is -2.32. The Bertz CT molecular complexity index is 409. The maximum absolute atomic E-state index is 11.8. The number of nitrogens with one attached hydrogen (secondary N) is 1. The highest BCUT2D eigenvalue weighted by atomic mass is 79.9. The fraction of sp³-hybridized carbons (Fsp3) is 0.462. The molecule has 0 fully saturated rings. The maximum atomic E-state index is 11.8. The van der Waals surface area contributed by atoms with E-state index in [1.165, 1.54) is 7.11 Å². The number of hydrogen-bond donors (Lipinski definition) is 1. The molecule has 0 aliphatic rings. The summed E-state index contributed by atoms with van der Waals surface area (Å²) in [6.07, 6.45) is 0. The summed E-state index contributed by atoms with van der Waals surface area (Å²) in [5, 5.41) is 3.12. The van der Waals surface area contributed by atoms with Gasteiger partial charge < -0.3 is 9.47 Å². The Morgan fingerprint density at radius 3 is 2.72 bits per heavy atom. The molecule has 0 radical (unpaired) electrons. The summed E-state index contributed by atoms with van der Waals surface area (Å²) in [4.78, 5) is 11.8. The quantitative estimate of drug-likeness (QED) is 0.646. The molecule has 0 heterocycles. The van der Waals surface area contributed by atoms with Crippen LogP contribution in [-0.4, -0.2) is 33.3 Å². The van der Waals surface area contributed by atoms with Crippen molar-refractivity contribution in [3.63, 3.8) is 0 Å². The van der Waals surface area contributed by atoms with Crippen LogP contribution in [0.25, 0.3) is 0 Å². The predicted octanol–water partition coefficient (Wildman–Crippen LogP) is 2.21. The first-order valence-corrected chi connectivity index (χ1v) is 6.45. The number of aryl methyl sites for hydroxylation is 1. The Balaban J connectivity index is 2.87. The van der Waals surface area contributed by atoms with Crippen molar-refractivity contribution in [1.82, 2.24) is 5.32 Å². The number of ether oxygens (including phenoxy) is 2. The van der Waals surface area contributed by atoms with Crippen molar-refractivity contribution < 1.29 is 14.3 Å². The molecule has 4 nitrogen and oxygen atoms in total. The average molecular weight is 316 g/mol. The summed E-state index contributed by atoms with van der Waals surface area (Å²) >= 11 is 3.44. The first-order valence-electron chi connectivity index (χ1n) is 5.66. The topological polar surface area (TPSA) is 47.6 Å². The molecule has 1 N–H and O–H groups in total. The monoisotopic (exact) mass is 315 g/mol. The highest BCUT2D eigenvalue weighted by molar-refractivity contribution is 9.10. The molecule has 0 spiro atoms. The minimum absolute atomic E-state index is 0.298.